The van der Waals surface area contributed by atoms with Gasteiger partial charge in [0.2, 0.25) is 11.0 Å². The van der Waals surface area contributed by atoms with Crippen LogP contribution in [0.5, 0.6) is 0 Å². The summed E-state index contributed by atoms with van der Waals surface area (Å²) < 4.78 is 0. The molecule has 1 N–H and O–H groups in total. The highest BCUT2D eigenvalue weighted by Crippen LogP contribution is 2.26. The highest BCUT2D eigenvalue weighted by Gasteiger charge is 2.16. The molecule has 0 saturated heterocycles. The van der Waals surface area contributed by atoms with Gasteiger partial charge in [-0.1, -0.05) is 78.9 Å². The Balaban J connectivity index is 1.63. The molecule has 1 aromatic heterocycles. The number of nitrogens with zero attached hydrogens (tertiary/aromatic N) is 2. The molecule has 3 aromatic rings. The highest BCUT2D eigenvalue weighted by molar-refractivity contribution is 7.18. The van der Waals surface area contributed by atoms with Gasteiger partial charge in [0.25, 0.3) is 0 Å². The summed E-state index contributed by atoms with van der Waals surface area (Å²) in [6.07, 6.45) is 0.705. The van der Waals surface area contributed by atoms with Crippen LogP contribution in [0.1, 0.15) is 12.5 Å². The first-order valence-corrected chi connectivity index (χ1v) is 8.28. The summed E-state index contributed by atoms with van der Waals surface area (Å²) in [6, 6.07) is 19.8. The summed E-state index contributed by atoms with van der Waals surface area (Å²) in [7, 11) is 0. The average Bonchev–Trinajstić information content (AvgIpc) is 3.05. The molecule has 0 aliphatic heterocycles. The highest BCUT2D eigenvalue weighted by atomic mass is 32.1. The van der Waals surface area contributed by atoms with Crippen molar-refractivity contribution in [3.05, 3.63) is 66.2 Å². The minimum Gasteiger partial charge on any atom is -0.300 e. The second kappa shape index (κ2) is 7.15. The standard InChI is InChI=1S/C18H17N3OS/c1-13(12-14-8-4-2-5-9-14)16(22)19-18-21-20-17(23-18)15-10-6-3-7-11-15/h2-11,13H,12H2,1H3,(H,19,21,22). The van der Waals surface area contributed by atoms with Crippen LogP contribution in [-0.2, 0) is 11.2 Å². The predicted molar refractivity (Wildman–Crippen MR) is 93.3 cm³/mol. The number of anilines is 1. The molecule has 0 fully saturated rings. The fourth-order valence-electron chi connectivity index (χ4n) is 2.26. The fraction of sp³-hybridized carbons (Fsp3) is 0.167. The van der Waals surface area contributed by atoms with Gasteiger partial charge in [0.05, 0.1) is 0 Å². The van der Waals surface area contributed by atoms with Gasteiger partial charge in [-0.3, -0.25) is 4.79 Å². The Kier molecular flexibility index (Phi) is 4.78. The molecule has 0 saturated carbocycles. The van der Waals surface area contributed by atoms with Crippen molar-refractivity contribution in [3.8, 4) is 10.6 Å². The lowest BCUT2D eigenvalue weighted by molar-refractivity contribution is -0.119. The number of benzene rings is 2. The molecule has 3 rings (SSSR count). The molecule has 2 aromatic carbocycles. The van der Waals surface area contributed by atoms with Gasteiger partial charge in [0, 0.05) is 11.5 Å². The Morgan fingerprint density at radius 3 is 2.39 bits per heavy atom. The number of carbonyl (C=O) groups is 1. The third-order valence-electron chi connectivity index (χ3n) is 3.51. The zero-order chi connectivity index (χ0) is 16.1. The van der Waals surface area contributed by atoms with Gasteiger partial charge < -0.3 is 5.32 Å². The predicted octanol–water partition coefficient (Wildman–Crippen LogP) is 4.02. The summed E-state index contributed by atoms with van der Waals surface area (Å²) >= 11 is 1.38. The van der Waals surface area contributed by atoms with E-state index in [0.717, 1.165) is 16.1 Å². The zero-order valence-electron chi connectivity index (χ0n) is 12.8. The van der Waals surface area contributed by atoms with Crippen molar-refractivity contribution in [2.75, 3.05) is 5.32 Å². The van der Waals surface area contributed by atoms with Crippen molar-refractivity contribution < 1.29 is 4.79 Å². The van der Waals surface area contributed by atoms with Gasteiger partial charge in [-0.15, -0.1) is 10.2 Å². The molecular weight excluding hydrogens is 306 g/mol. The van der Waals surface area contributed by atoms with Crippen molar-refractivity contribution in [2.24, 2.45) is 5.92 Å². The van der Waals surface area contributed by atoms with Crippen molar-refractivity contribution >= 4 is 22.4 Å². The van der Waals surface area contributed by atoms with Gasteiger partial charge in [0.1, 0.15) is 5.01 Å². The molecule has 23 heavy (non-hydrogen) atoms. The van der Waals surface area contributed by atoms with Crippen LogP contribution in [0.2, 0.25) is 0 Å². The first kappa shape index (κ1) is 15.4. The van der Waals surface area contributed by atoms with E-state index in [4.69, 9.17) is 0 Å². The molecule has 1 amide bonds. The second-order valence-electron chi connectivity index (χ2n) is 5.36. The molecule has 1 atom stereocenters. The van der Waals surface area contributed by atoms with Crippen LogP contribution < -0.4 is 5.32 Å². The van der Waals surface area contributed by atoms with Crippen molar-refractivity contribution in [2.45, 2.75) is 13.3 Å². The SMILES string of the molecule is CC(Cc1ccccc1)C(=O)Nc1nnc(-c2ccccc2)s1. The second-order valence-corrected chi connectivity index (χ2v) is 6.34. The monoisotopic (exact) mass is 323 g/mol. The number of carbonyl (C=O) groups excluding carboxylic acids is 1. The molecule has 1 unspecified atom stereocenters. The Labute approximate surface area is 139 Å². The molecule has 0 aliphatic carbocycles. The smallest absolute Gasteiger partial charge is 0.229 e. The Hall–Kier alpha value is -2.53. The van der Waals surface area contributed by atoms with E-state index in [1.54, 1.807) is 0 Å². The number of amides is 1. The van der Waals surface area contributed by atoms with Crippen molar-refractivity contribution in [1.29, 1.82) is 0 Å². The molecule has 1 heterocycles. The quantitative estimate of drug-likeness (QED) is 0.771. The maximum absolute atomic E-state index is 12.3. The van der Waals surface area contributed by atoms with Crippen LogP contribution in [-0.4, -0.2) is 16.1 Å². The van der Waals surface area contributed by atoms with E-state index < -0.39 is 0 Å². The van der Waals surface area contributed by atoms with E-state index in [2.05, 4.69) is 15.5 Å². The lowest BCUT2D eigenvalue weighted by atomic mass is 10.0. The summed E-state index contributed by atoms with van der Waals surface area (Å²) in [6.45, 7) is 1.92. The topological polar surface area (TPSA) is 54.9 Å². The number of hydrogen-bond donors (Lipinski definition) is 1. The van der Waals surface area contributed by atoms with Gasteiger partial charge in [-0.05, 0) is 12.0 Å². The van der Waals surface area contributed by atoms with Crippen LogP contribution in [0.15, 0.2) is 60.7 Å². The number of rotatable bonds is 5. The van der Waals surface area contributed by atoms with Gasteiger partial charge in [-0.2, -0.15) is 0 Å². The molecule has 0 aliphatic rings. The number of aromatic nitrogens is 2. The number of nitrogens with one attached hydrogen (secondary N) is 1. The van der Waals surface area contributed by atoms with Gasteiger partial charge >= 0.3 is 0 Å². The first-order valence-electron chi connectivity index (χ1n) is 7.46. The maximum atomic E-state index is 12.3. The molecule has 116 valence electrons. The lowest BCUT2D eigenvalue weighted by Crippen LogP contribution is -2.22. The summed E-state index contributed by atoms with van der Waals surface area (Å²) in [5.41, 5.74) is 2.15. The van der Waals surface area contributed by atoms with E-state index >= 15 is 0 Å². The molecule has 0 bridgehead atoms. The van der Waals surface area contributed by atoms with Gasteiger partial charge in [-0.25, -0.2) is 0 Å². The van der Waals surface area contributed by atoms with Crippen LogP contribution in [0, 0.1) is 5.92 Å². The van der Waals surface area contributed by atoms with E-state index in [9.17, 15) is 4.79 Å². The normalized spacial score (nSPS) is 11.9. The third-order valence-corrected chi connectivity index (χ3v) is 4.40. The molecule has 0 spiro atoms. The van der Waals surface area contributed by atoms with E-state index in [1.165, 1.54) is 11.3 Å². The number of hydrogen-bond acceptors (Lipinski definition) is 4. The van der Waals surface area contributed by atoms with E-state index in [-0.39, 0.29) is 11.8 Å². The Morgan fingerprint density at radius 2 is 1.70 bits per heavy atom. The van der Waals surface area contributed by atoms with Crippen LogP contribution >= 0.6 is 11.3 Å². The van der Waals surface area contributed by atoms with Crippen LogP contribution in [0.25, 0.3) is 10.6 Å². The Bertz CT molecular complexity index is 771. The zero-order valence-corrected chi connectivity index (χ0v) is 13.6. The van der Waals surface area contributed by atoms with Crippen molar-refractivity contribution in [1.82, 2.24) is 10.2 Å². The third kappa shape index (κ3) is 4.02. The minimum atomic E-state index is -0.124. The van der Waals surface area contributed by atoms with Crippen molar-refractivity contribution in [3.63, 3.8) is 0 Å². The maximum Gasteiger partial charge on any atom is 0.229 e. The largest absolute Gasteiger partial charge is 0.300 e. The van der Waals surface area contributed by atoms with E-state index in [1.807, 2.05) is 67.6 Å². The van der Waals surface area contributed by atoms with E-state index in [0.29, 0.717) is 11.6 Å². The minimum absolute atomic E-state index is 0.0374. The average molecular weight is 323 g/mol. The summed E-state index contributed by atoms with van der Waals surface area (Å²) in [5.74, 6) is -0.161. The molecule has 5 heteroatoms. The van der Waals surface area contributed by atoms with Crippen LogP contribution in [0.3, 0.4) is 0 Å². The summed E-state index contributed by atoms with van der Waals surface area (Å²) in [5, 5.41) is 12.4. The Morgan fingerprint density at radius 1 is 1.04 bits per heavy atom. The fourth-order valence-corrected chi connectivity index (χ4v) is 3.01. The molecule has 0 radical (unpaired) electrons. The van der Waals surface area contributed by atoms with Crippen LogP contribution in [0.4, 0.5) is 5.13 Å². The summed E-state index contributed by atoms with van der Waals surface area (Å²) in [4.78, 5) is 12.3. The lowest BCUT2D eigenvalue weighted by Gasteiger charge is -2.10. The molecule has 4 nitrogen and oxygen atoms in total. The first-order chi connectivity index (χ1) is 11.2. The molecular formula is C18H17N3OS. The van der Waals surface area contributed by atoms with Gasteiger partial charge in [0.15, 0.2) is 0 Å².